The largest absolute Gasteiger partial charge is 0.377 e. The van der Waals surface area contributed by atoms with Gasteiger partial charge in [0, 0.05) is 48.8 Å². The molecular weight excluding hydrogens is 376 g/mol. The highest BCUT2D eigenvalue weighted by Gasteiger charge is 2.20. The molecule has 0 aliphatic carbocycles. The van der Waals surface area contributed by atoms with Crippen LogP contribution in [0.15, 0.2) is 28.7 Å². The smallest absolute Gasteiger partial charge is 0.202 e. The number of methoxy groups -OCH3 is 1. The molecular formula is C16H21BrN4OS. The molecule has 0 spiro atoms. The second-order valence-electron chi connectivity index (χ2n) is 5.77. The van der Waals surface area contributed by atoms with E-state index in [1.807, 2.05) is 0 Å². The number of likely N-dealkylation sites (tertiary alicyclic amines) is 1. The van der Waals surface area contributed by atoms with Gasteiger partial charge in [-0.2, -0.15) is 4.37 Å². The number of hydrogen-bond acceptors (Lipinski definition) is 6. The first-order valence-electron chi connectivity index (χ1n) is 7.78. The van der Waals surface area contributed by atoms with Gasteiger partial charge in [-0.25, -0.2) is 4.98 Å². The lowest BCUT2D eigenvalue weighted by Crippen LogP contribution is -2.38. The molecule has 2 aromatic rings. The Morgan fingerprint density at radius 2 is 2.04 bits per heavy atom. The second-order valence-corrected chi connectivity index (χ2v) is 7.44. The van der Waals surface area contributed by atoms with Gasteiger partial charge < -0.3 is 10.1 Å². The summed E-state index contributed by atoms with van der Waals surface area (Å²) in [4.78, 5) is 6.95. The molecule has 7 heteroatoms. The number of halogens is 1. The highest BCUT2D eigenvalue weighted by Crippen LogP contribution is 2.20. The third-order valence-corrected chi connectivity index (χ3v) is 5.19. The van der Waals surface area contributed by atoms with Crippen LogP contribution in [0.5, 0.6) is 0 Å². The van der Waals surface area contributed by atoms with Crippen LogP contribution < -0.4 is 5.32 Å². The summed E-state index contributed by atoms with van der Waals surface area (Å²) in [6, 6.07) is 9.08. The van der Waals surface area contributed by atoms with Crippen molar-refractivity contribution < 1.29 is 4.74 Å². The Balaban J connectivity index is 1.45. The van der Waals surface area contributed by atoms with E-state index in [9.17, 15) is 0 Å². The van der Waals surface area contributed by atoms with Crippen molar-refractivity contribution in [2.45, 2.75) is 32.0 Å². The predicted octanol–water partition coefficient (Wildman–Crippen LogP) is 3.52. The average molecular weight is 397 g/mol. The molecule has 0 amide bonds. The van der Waals surface area contributed by atoms with Gasteiger partial charge in [0.1, 0.15) is 6.61 Å². The van der Waals surface area contributed by atoms with Crippen molar-refractivity contribution in [3.8, 4) is 0 Å². The maximum Gasteiger partial charge on any atom is 0.202 e. The molecule has 0 saturated carbocycles. The molecule has 1 aromatic carbocycles. The normalized spacial score (nSPS) is 16.6. The summed E-state index contributed by atoms with van der Waals surface area (Å²) in [7, 11) is 1.66. The molecule has 1 aromatic heterocycles. The van der Waals surface area contributed by atoms with Gasteiger partial charge in [-0.1, -0.05) is 28.1 Å². The molecule has 0 atom stereocenters. The number of benzene rings is 1. The van der Waals surface area contributed by atoms with E-state index in [-0.39, 0.29) is 0 Å². The first-order chi connectivity index (χ1) is 11.2. The summed E-state index contributed by atoms with van der Waals surface area (Å²) in [6.45, 7) is 3.72. The summed E-state index contributed by atoms with van der Waals surface area (Å²) in [5.41, 5.74) is 1.37. The van der Waals surface area contributed by atoms with E-state index in [2.05, 4.69) is 59.8 Å². The van der Waals surface area contributed by atoms with E-state index in [1.54, 1.807) is 7.11 Å². The third-order valence-electron chi connectivity index (χ3n) is 3.98. The Kier molecular flexibility index (Phi) is 5.99. The van der Waals surface area contributed by atoms with E-state index in [4.69, 9.17) is 4.74 Å². The van der Waals surface area contributed by atoms with Crippen LogP contribution in [0.3, 0.4) is 0 Å². The fraction of sp³-hybridized carbons (Fsp3) is 0.500. The molecule has 3 rings (SSSR count). The zero-order valence-corrected chi connectivity index (χ0v) is 15.6. The van der Waals surface area contributed by atoms with Gasteiger partial charge in [0.2, 0.25) is 5.13 Å². The minimum atomic E-state index is 0.476. The molecule has 124 valence electrons. The third kappa shape index (κ3) is 4.97. The Labute approximate surface area is 149 Å². The average Bonchev–Trinajstić information content (AvgIpc) is 2.99. The van der Waals surface area contributed by atoms with Crippen LogP contribution in [-0.4, -0.2) is 40.5 Å². The maximum absolute atomic E-state index is 5.05. The zero-order chi connectivity index (χ0) is 16.1. The molecule has 1 aliphatic heterocycles. The lowest BCUT2D eigenvalue weighted by Gasteiger charge is -2.32. The molecule has 1 saturated heterocycles. The molecule has 2 heterocycles. The van der Waals surface area contributed by atoms with Crippen LogP contribution in [0, 0.1) is 0 Å². The minimum absolute atomic E-state index is 0.476. The highest BCUT2D eigenvalue weighted by molar-refractivity contribution is 9.10. The molecule has 0 radical (unpaired) electrons. The van der Waals surface area contributed by atoms with Crippen molar-refractivity contribution in [3.05, 3.63) is 40.1 Å². The first kappa shape index (κ1) is 16.8. The number of rotatable bonds is 6. The number of piperidine rings is 1. The number of aromatic nitrogens is 2. The first-order valence-corrected chi connectivity index (χ1v) is 9.34. The van der Waals surface area contributed by atoms with Crippen molar-refractivity contribution >= 4 is 32.6 Å². The van der Waals surface area contributed by atoms with E-state index in [0.29, 0.717) is 12.6 Å². The zero-order valence-electron chi connectivity index (χ0n) is 13.2. The standard InChI is InChI=1S/C16H21BrN4OS/c1-22-11-15-19-16(23-20-15)18-14-6-8-21(9-7-14)10-12-2-4-13(17)5-3-12/h2-5,14H,6-11H2,1H3,(H,18,19,20). The second kappa shape index (κ2) is 8.19. The number of hydrogen-bond donors (Lipinski definition) is 1. The topological polar surface area (TPSA) is 50.3 Å². The van der Waals surface area contributed by atoms with Crippen LogP contribution >= 0.6 is 27.5 Å². The monoisotopic (exact) mass is 396 g/mol. The maximum atomic E-state index is 5.05. The van der Waals surface area contributed by atoms with Gasteiger partial charge in [0.05, 0.1) is 0 Å². The lowest BCUT2D eigenvalue weighted by molar-refractivity contribution is 0.179. The molecule has 0 unspecified atom stereocenters. The van der Waals surface area contributed by atoms with E-state index < -0.39 is 0 Å². The van der Waals surface area contributed by atoms with Crippen molar-refractivity contribution in [2.75, 3.05) is 25.5 Å². The van der Waals surface area contributed by atoms with Gasteiger partial charge >= 0.3 is 0 Å². The summed E-state index contributed by atoms with van der Waals surface area (Å²) in [5, 5.41) is 4.41. The van der Waals surface area contributed by atoms with Gasteiger partial charge in [0.25, 0.3) is 0 Å². The highest BCUT2D eigenvalue weighted by atomic mass is 79.9. The molecule has 1 fully saturated rings. The Morgan fingerprint density at radius 1 is 1.30 bits per heavy atom. The summed E-state index contributed by atoms with van der Waals surface area (Å²) in [6.07, 6.45) is 2.27. The minimum Gasteiger partial charge on any atom is -0.377 e. The van der Waals surface area contributed by atoms with Crippen molar-refractivity contribution in [3.63, 3.8) is 0 Å². The molecule has 1 aliphatic rings. The van der Waals surface area contributed by atoms with Crippen LogP contribution in [0.4, 0.5) is 5.13 Å². The summed E-state index contributed by atoms with van der Waals surface area (Å²) >= 11 is 4.90. The van der Waals surface area contributed by atoms with Gasteiger partial charge in [0.15, 0.2) is 5.82 Å². The van der Waals surface area contributed by atoms with Crippen molar-refractivity contribution in [2.24, 2.45) is 0 Å². The molecule has 23 heavy (non-hydrogen) atoms. The lowest BCUT2D eigenvalue weighted by atomic mass is 10.0. The fourth-order valence-electron chi connectivity index (χ4n) is 2.76. The van der Waals surface area contributed by atoms with Crippen LogP contribution in [0.1, 0.15) is 24.2 Å². The molecule has 5 nitrogen and oxygen atoms in total. The quantitative estimate of drug-likeness (QED) is 0.809. The van der Waals surface area contributed by atoms with E-state index in [1.165, 1.54) is 17.1 Å². The van der Waals surface area contributed by atoms with Crippen LogP contribution in [0.2, 0.25) is 0 Å². The Bertz CT molecular complexity index is 611. The molecule has 1 N–H and O–H groups in total. The Hall–Kier alpha value is -1.02. The summed E-state index contributed by atoms with van der Waals surface area (Å²) < 4.78 is 10.5. The molecule has 0 bridgehead atoms. The SMILES string of the molecule is COCc1nsc(NC2CCN(Cc3ccc(Br)cc3)CC2)n1. The predicted molar refractivity (Wildman–Crippen MR) is 96.7 cm³/mol. The van der Waals surface area contributed by atoms with Crippen molar-refractivity contribution in [1.29, 1.82) is 0 Å². The van der Waals surface area contributed by atoms with Crippen LogP contribution in [0.25, 0.3) is 0 Å². The summed E-state index contributed by atoms with van der Waals surface area (Å²) in [5.74, 6) is 0.757. The van der Waals surface area contributed by atoms with Gasteiger partial charge in [-0.3, -0.25) is 4.90 Å². The van der Waals surface area contributed by atoms with Crippen molar-refractivity contribution in [1.82, 2.24) is 14.3 Å². The fourth-order valence-corrected chi connectivity index (χ4v) is 3.67. The number of anilines is 1. The van der Waals surface area contributed by atoms with E-state index >= 15 is 0 Å². The number of nitrogens with one attached hydrogen (secondary N) is 1. The van der Waals surface area contributed by atoms with Gasteiger partial charge in [-0.15, -0.1) is 0 Å². The number of nitrogens with zero attached hydrogens (tertiary/aromatic N) is 3. The van der Waals surface area contributed by atoms with Gasteiger partial charge in [-0.05, 0) is 30.5 Å². The number of ether oxygens (including phenoxy) is 1. The van der Waals surface area contributed by atoms with Crippen LogP contribution in [-0.2, 0) is 17.9 Å². The van der Waals surface area contributed by atoms with E-state index in [0.717, 1.165) is 47.9 Å². The Morgan fingerprint density at radius 3 is 2.74 bits per heavy atom.